The summed E-state index contributed by atoms with van der Waals surface area (Å²) in [5.74, 6) is 0.312. The maximum absolute atomic E-state index is 12.5. The molecule has 0 saturated carbocycles. The van der Waals surface area contributed by atoms with Crippen molar-refractivity contribution in [1.82, 2.24) is 4.57 Å². The number of azo groups is 1. The Hall–Kier alpha value is -3.40. The molecule has 0 spiro atoms. The van der Waals surface area contributed by atoms with E-state index in [-0.39, 0.29) is 23.4 Å². The number of benzene rings is 1. The SMILES string of the molecule is C=CCn1c(O)c(C#N)c(C)c(N=Nc2ccc(OCC)cc2)c1=O. The van der Waals surface area contributed by atoms with E-state index in [1.54, 1.807) is 31.2 Å². The molecule has 0 amide bonds. The van der Waals surface area contributed by atoms with E-state index in [9.17, 15) is 15.2 Å². The predicted octanol–water partition coefficient (Wildman–Crippen LogP) is 3.73. The van der Waals surface area contributed by atoms with E-state index in [0.717, 1.165) is 4.57 Å². The first-order chi connectivity index (χ1) is 12.0. The molecular weight excluding hydrogens is 320 g/mol. The van der Waals surface area contributed by atoms with Gasteiger partial charge in [0.15, 0.2) is 5.69 Å². The van der Waals surface area contributed by atoms with Crippen LogP contribution in [0.5, 0.6) is 11.6 Å². The van der Waals surface area contributed by atoms with Crippen LogP contribution in [0.2, 0.25) is 0 Å². The van der Waals surface area contributed by atoms with Crippen LogP contribution in [0.25, 0.3) is 0 Å². The lowest BCUT2D eigenvalue weighted by molar-refractivity contribution is 0.340. The summed E-state index contributed by atoms with van der Waals surface area (Å²) in [6.07, 6.45) is 1.45. The Morgan fingerprint density at radius 2 is 2.04 bits per heavy atom. The summed E-state index contributed by atoms with van der Waals surface area (Å²) in [6.45, 7) is 7.60. The lowest BCUT2D eigenvalue weighted by atomic mass is 10.1. The molecule has 7 heteroatoms. The van der Waals surface area contributed by atoms with E-state index in [2.05, 4.69) is 16.8 Å². The molecule has 25 heavy (non-hydrogen) atoms. The molecule has 1 aromatic heterocycles. The first-order valence-corrected chi connectivity index (χ1v) is 7.65. The molecule has 1 heterocycles. The molecule has 2 rings (SSSR count). The number of ether oxygens (including phenoxy) is 1. The zero-order valence-corrected chi connectivity index (χ0v) is 14.1. The maximum Gasteiger partial charge on any atom is 0.281 e. The zero-order chi connectivity index (χ0) is 18.4. The van der Waals surface area contributed by atoms with E-state index in [1.165, 1.54) is 6.08 Å². The van der Waals surface area contributed by atoms with Gasteiger partial charge in [-0.2, -0.15) is 10.4 Å². The van der Waals surface area contributed by atoms with Crippen molar-refractivity contribution in [3.8, 4) is 17.7 Å². The molecule has 0 saturated heterocycles. The molecule has 0 bridgehead atoms. The number of pyridine rings is 1. The van der Waals surface area contributed by atoms with Gasteiger partial charge in [-0.05, 0) is 38.1 Å². The largest absolute Gasteiger partial charge is 0.494 e. The van der Waals surface area contributed by atoms with E-state index < -0.39 is 11.4 Å². The highest BCUT2D eigenvalue weighted by atomic mass is 16.5. The second-order valence-electron chi connectivity index (χ2n) is 5.12. The van der Waals surface area contributed by atoms with Gasteiger partial charge < -0.3 is 9.84 Å². The van der Waals surface area contributed by atoms with Gasteiger partial charge in [0.1, 0.15) is 17.4 Å². The van der Waals surface area contributed by atoms with E-state index >= 15 is 0 Å². The Morgan fingerprint density at radius 1 is 1.36 bits per heavy atom. The summed E-state index contributed by atoms with van der Waals surface area (Å²) in [6, 6.07) is 8.80. The molecule has 1 N–H and O–H groups in total. The molecular formula is C18H18N4O3. The number of hydrogen-bond acceptors (Lipinski definition) is 6. The molecule has 0 atom stereocenters. The standard InChI is InChI=1S/C18H18N4O3/c1-4-10-22-17(23)15(11-19)12(3)16(18(22)24)21-20-13-6-8-14(9-7-13)25-5-2/h4,6-9,23H,1,5,10H2,2-3H3. The lowest BCUT2D eigenvalue weighted by Crippen LogP contribution is -2.21. The third-order valence-electron chi connectivity index (χ3n) is 3.49. The van der Waals surface area contributed by atoms with Gasteiger partial charge in [-0.3, -0.25) is 9.36 Å². The van der Waals surface area contributed by atoms with Crippen LogP contribution in [0.3, 0.4) is 0 Å². The van der Waals surface area contributed by atoms with Gasteiger partial charge in [0.2, 0.25) is 5.88 Å². The molecule has 0 aliphatic carbocycles. The first kappa shape index (κ1) is 17.9. The summed E-state index contributed by atoms with van der Waals surface area (Å²) in [5.41, 5.74) is 0.264. The van der Waals surface area contributed by atoms with Gasteiger partial charge in [-0.1, -0.05) is 6.08 Å². The Bertz CT molecular complexity index is 906. The number of allylic oxidation sites excluding steroid dienone is 1. The Labute approximate surface area is 145 Å². The van der Waals surface area contributed by atoms with Crippen LogP contribution in [-0.2, 0) is 6.54 Å². The van der Waals surface area contributed by atoms with Crippen LogP contribution >= 0.6 is 0 Å². The zero-order valence-electron chi connectivity index (χ0n) is 14.1. The predicted molar refractivity (Wildman–Crippen MR) is 93.8 cm³/mol. The van der Waals surface area contributed by atoms with Crippen molar-refractivity contribution < 1.29 is 9.84 Å². The number of aromatic nitrogens is 1. The van der Waals surface area contributed by atoms with Crippen molar-refractivity contribution in [2.24, 2.45) is 10.2 Å². The average molecular weight is 338 g/mol. The summed E-state index contributed by atoms with van der Waals surface area (Å²) in [7, 11) is 0. The third kappa shape index (κ3) is 3.75. The van der Waals surface area contributed by atoms with Gasteiger partial charge in [-0.25, -0.2) is 0 Å². The highest BCUT2D eigenvalue weighted by molar-refractivity contribution is 5.56. The molecule has 0 unspecified atom stereocenters. The van der Waals surface area contributed by atoms with Gasteiger partial charge >= 0.3 is 0 Å². The molecule has 0 aliphatic heterocycles. The average Bonchev–Trinajstić information content (AvgIpc) is 2.60. The van der Waals surface area contributed by atoms with Crippen LogP contribution in [-0.4, -0.2) is 16.3 Å². The van der Waals surface area contributed by atoms with Gasteiger partial charge in [0, 0.05) is 12.1 Å². The smallest absolute Gasteiger partial charge is 0.281 e. The summed E-state index contributed by atoms with van der Waals surface area (Å²) >= 11 is 0. The van der Waals surface area contributed by atoms with E-state index in [1.807, 2.05) is 13.0 Å². The molecule has 0 radical (unpaired) electrons. The van der Waals surface area contributed by atoms with Crippen LogP contribution < -0.4 is 10.3 Å². The number of nitrogens with zero attached hydrogens (tertiary/aromatic N) is 4. The van der Waals surface area contributed by atoms with Gasteiger partial charge in [0.25, 0.3) is 5.56 Å². The van der Waals surface area contributed by atoms with Crippen molar-refractivity contribution in [3.63, 3.8) is 0 Å². The molecule has 1 aromatic carbocycles. The van der Waals surface area contributed by atoms with Crippen LogP contribution in [0, 0.1) is 18.3 Å². The van der Waals surface area contributed by atoms with E-state index in [4.69, 9.17) is 4.74 Å². The van der Waals surface area contributed by atoms with Gasteiger partial charge in [-0.15, -0.1) is 11.7 Å². The number of nitriles is 1. The fourth-order valence-corrected chi connectivity index (χ4v) is 2.24. The highest BCUT2D eigenvalue weighted by Crippen LogP contribution is 2.27. The number of aromatic hydroxyl groups is 1. The third-order valence-corrected chi connectivity index (χ3v) is 3.49. The number of hydrogen-bond donors (Lipinski definition) is 1. The topological polar surface area (TPSA) is 100.0 Å². The summed E-state index contributed by atoms with van der Waals surface area (Å²) in [4.78, 5) is 12.5. The minimum Gasteiger partial charge on any atom is -0.494 e. The lowest BCUT2D eigenvalue weighted by Gasteiger charge is -2.11. The minimum atomic E-state index is -0.538. The van der Waals surface area contributed by atoms with Gasteiger partial charge in [0.05, 0.1) is 12.3 Å². The van der Waals surface area contributed by atoms with Crippen molar-refractivity contribution >= 4 is 11.4 Å². The van der Waals surface area contributed by atoms with Crippen molar-refractivity contribution in [2.75, 3.05) is 6.61 Å². The molecule has 128 valence electrons. The Kier molecular flexibility index (Phi) is 5.69. The fourth-order valence-electron chi connectivity index (χ4n) is 2.24. The second kappa shape index (κ2) is 7.93. The van der Waals surface area contributed by atoms with Crippen molar-refractivity contribution in [3.05, 3.63) is 58.4 Å². The van der Waals surface area contributed by atoms with Crippen molar-refractivity contribution in [1.29, 1.82) is 5.26 Å². The molecule has 0 fully saturated rings. The van der Waals surface area contributed by atoms with Crippen molar-refractivity contribution in [2.45, 2.75) is 20.4 Å². The Balaban J connectivity index is 2.48. The van der Waals surface area contributed by atoms with E-state index in [0.29, 0.717) is 18.0 Å². The second-order valence-corrected chi connectivity index (χ2v) is 5.12. The van der Waals surface area contributed by atoms with Crippen LogP contribution in [0.15, 0.2) is 51.9 Å². The molecule has 7 nitrogen and oxygen atoms in total. The normalized spacial score (nSPS) is 10.6. The minimum absolute atomic E-state index is 0.00471. The number of rotatable bonds is 6. The van der Waals surface area contributed by atoms with Crippen LogP contribution in [0.4, 0.5) is 11.4 Å². The quantitative estimate of drug-likeness (QED) is 0.640. The summed E-state index contributed by atoms with van der Waals surface area (Å²) in [5, 5.41) is 27.4. The highest BCUT2D eigenvalue weighted by Gasteiger charge is 2.18. The summed E-state index contributed by atoms with van der Waals surface area (Å²) < 4.78 is 6.38. The fraction of sp³-hybridized carbons (Fsp3) is 0.222. The monoisotopic (exact) mass is 338 g/mol. The maximum atomic E-state index is 12.5. The Morgan fingerprint density at radius 3 is 2.60 bits per heavy atom. The van der Waals surface area contributed by atoms with Crippen LogP contribution in [0.1, 0.15) is 18.1 Å². The molecule has 2 aromatic rings. The molecule has 0 aliphatic rings. The first-order valence-electron chi connectivity index (χ1n) is 7.65.